The van der Waals surface area contributed by atoms with Gasteiger partial charge in [0, 0.05) is 6.54 Å². The molecule has 54 valence electrons. The number of thiol groups is 1. The lowest BCUT2D eigenvalue weighted by Crippen LogP contribution is -2.30. The van der Waals surface area contributed by atoms with Crippen molar-refractivity contribution in [2.24, 2.45) is 0 Å². The Morgan fingerprint density at radius 3 is 2.67 bits per heavy atom. The molecule has 0 aromatic carbocycles. The molecule has 0 aliphatic rings. The van der Waals surface area contributed by atoms with Crippen molar-refractivity contribution in [1.82, 2.24) is 5.32 Å². The minimum Gasteiger partial charge on any atom is -0.355 e. The maximum atomic E-state index is 10.7. The zero-order chi connectivity index (χ0) is 7.28. The predicted molar refractivity (Wildman–Crippen MR) is 41.7 cm³/mol. The van der Waals surface area contributed by atoms with Gasteiger partial charge in [-0.25, -0.2) is 0 Å². The molecule has 0 rings (SSSR count). The SMILES string of the molecule is CCCNC(=O)[C@H](C)S. The Hall–Kier alpha value is -0.180. The van der Waals surface area contributed by atoms with Gasteiger partial charge in [0.25, 0.3) is 0 Å². The Kier molecular flexibility index (Phi) is 4.58. The average Bonchev–Trinajstić information content (AvgIpc) is 1.82. The Balaban J connectivity index is 3.28. The van der Waals surface area contributed by atoms with Crippen LogP contribution in [0.3, 0.4) is 0 Å². The highest BCUT2D eigenvalue weighted by atomic mass is 32.1. The third kappa shape index (κ3) is 4.33. The van der Waals surface area contributed by atoms with Crippen molar-refractivity contribution in [2.45, 2.75) is 25.5 Å². The molecular formula is C6H13NOS. The first kappa shape index (κ1) is 8.82. The van der Waals surface area contributed by atoms with Gasteiger partial charge in [-0.1, -0.05) is 6.92 Å². The molecule has 0 bridgehead atoms. The minimum absolute atomic E-state index is 0.0141. The van der Waals surface area contributed by atoms with Crippen LogP contribution < -0.4 is 5.32 Å². The fourth-order valence-corrected chi connectivity index (χ4v) is 0.487. The van der Waals surface area contributed by atoms with Crippen LogP contribution in [0, 0.1) is 0 Å². The lowest BCUT2D eigenvalue weighted by atomic mass is 10.4. The summed E-state index contributed by atoms with van der Waals surface area (Å²) >= 11 is 3.95. The molecule has 0 radical (unpaired) electrons. The van der Waals surface area contributed by atoms with Crippen LogP contribution in [-0.4, -0.2) is 17.7 Å². The number of amides is 1. The Bertz CT molecular complexity index is 93.1. The van der Waals surface area contributed by atoms with Gasteiger partial charge in [-0.05, 0) is 13.3 Å². The largest absolute Gasteiger partial charge is 0.355 e. The highest BCUT2D eigenvalue weighted by Gasteiger charge is 2.04. The second kappa shape index (κ2) is 4.68. The molecule has 0 heterocycles. The van der Waals surface area contributed by atoms with Crippen LogP contribution in [-0.2, 0) is 4.79 Å². The minimum atomic E-state index is -0.184. The molecule has 3 heteroatoms. The van der Waals surface area contributed by atoms with E-state index in [1.807, 2.05) is 6.92 Å². The third-order valence-corrected chi connectivity index (χ3v) is 1.16. The second-order valence-corrected chi connectivity index (χ2v) is 2.74. The summed E-state index contributed by atoms with van der Waals surface area (Å²) in [5, 5.41) is 2.53. The molecule has 0 saturated heterocycles. The van der Waals surface area contributed by atoms with E-state index in [2.05, 4.69) is 17.9 Å². The number of hydrogen-bond donors (Lipinski definition) is 2. The summed E-state index contributed by atoms with van der Waals surface area (Å²) < 4.78 is 0. The molecule has 1 atom stereocenters. The van der Waals surface area contributed by atoms with Crippen LogP contribution in [0.15, 0.2) is 0 Å². The molecule has 0 saturated carbocycles. The van der Waals surface area contributed by atoms with Crippen molar-refractivity contribution in [1.29, 1.82) is 0 Å². The summed E-state index contributed by atoms with van der Waals surface area (Å²) in [6, 6.07) is 0. The first-order valence-electron chi connectivity index (χ1n) is 3.14. The molecule has 0 aliphatic heterocycles. The smallest absolute Gasteiger partial charge is 0.232 e. The van der Waals surface area contributed by atoms with Crippen LogP contribution in [0.25, 0.3) is 0 Å². The second-order valence-electron chi connectivity index (χ2n) is 1.97. The predicted octanol–water partition coefficient (Wildman–Crippen LogP) is 0.831. The molecule has 0 aliphatic carbocycles. The number of carbonyl (C=O) groups is 1. The van der Waals surface area contributed by atoms with Crippen LogP contribution in [0.4, 0.5) is 0 Å². The number of nitrogens with one attached hydrogen (secondary N) is 1. The van der Waals surface area contributed by atoms with Gasteiger partial charge in [-0.3, -0.25) is 4.79 Å². The molecule has 0 unspecified atom stereocenters. The van der Waals surface area contributed by atoms with E-state index in [0.29, 0.717) is 0 Å². The Labute approximate surface area is 61.4 Å². The maximum absolute atomic E-state index is 10.7. The summed E-state index contributed by atoms with van der Waals surface area (Å²) in [5.74, 6) is 0.0141. The van der Waals surface area contributed by atoms with Crippen molar-refractivity contribution in [3.05, 3.63) is 0 Å². The standard InChI is InChI=1S/C6H13NOS/c1-3-4-7-6(8)5(2)9/h5,9H,3-4H2,1-2H3,(H,7,8)/t5-/m0/s1. The van der Waals surface area contributed by atoms with Gasteiger partial charge in [-0.15, -0.1) is 0 Å². The summed E-state index contributed by atoms with van der Waals surface area (Å²) in [5.41, 5.74) is 0. The summed E-state index contributed by atoms with van der Waals surface area (Å²) in [6.07, 6.45) is 0.978. The van der Waals surface area contributed by atoms with E-state index >= 15 is 0 Å². The van der Waals surface area contributed by atoms with Gasteiger partial charge < -0.3 is 5.32 Å². The third-order valence-electron chi connectivity index (χ3n) is 0.929. The van der Waals surface area contributed by atoms with Crippen LogP contribution in [0.5, 0.6) is 0 Å². The van der Waals surface area contributed by atoms with Crippen LogP contribution in [0.2, 0.25) is 0 Å². The van der Waals surface area contributed by atoms with Gasteiger partial charge in [0.2, 0.25) is 5.91 Å². The fourth-order valence-electron chi connectivity index (χ4n) is 0.396. The molecule has 1 N–H and O–H groups in total. The zero-order valence-electron chi connectivity index (χ0n) is 5.85. The highest BCUT2D eigenvalue weighted by Crippen LogP contribution is 1.90. The number of rotatable bonds is 3. The van der Waals surface area contributed by atoms with E-state index in [1.165, 1.54) is 0 Å². The van der Waals surface area contributed by atoms with Gasteiger partial charge in [0.05, 0.1) is 5.25 Å². The molecule has 2 nitrogen and oxygen atoms in total. The normalized spacial score (nSPS) is 12.8. The van der Waals surface area contributed by atoms with E-state index in [1.54, 1.807) is 6.92 Å². The molecular weight excluding hydrogens is 134 g/mol. The number of carbonyl (C=O) groups excluding carboxylic acids is 1. The monoisotopic (exact) mass is 147 g/mol. The molecule has 0 fully saturated rings. The molecule has 0 spiro atoms. The van der Waals surface area contributed by atoms with E-state index in [4.69, 9.17) is 0 Å². The molecule has 0 aromatic heterocycles. The van der Waals surface area contributed by atoms with E-state index in [9.17, 15) is 4.79 Å². The van der Waals surface area contributed by atoms with Gasteiger partial charge >= 0.3 is 0 Å². The fraction of sp³-hybridized carbons (Fsp3) is 0.833. The topological polar surface area (TPSA) is 29.1 Å². The molecule has 9 heavy (non-hydrogen) atoms. The van der Waals surface area contributed by atoms with Gasteiger partial charge in [-0.2, -0.15) is 12.6 Å². The first-order valence-corrected chi connectivity index (χ1v) is 3.66. The Morgan fingerprint density at radius 2 is 2.33 bits per heavy atom. The van der Waals surface area contributed by atoms with Gasteiger partial charge in [0.15, 0.2) is 0 Å². The van der Waals surface area contributed by atoms with Crippen molar-refractivity contribution in [3.63, 3.8) is 0 Å². The quantitative estimate of drug-likeness (QED) is 0.569. The van der Waals surface area contributed by atoms with Crippen LogP contribution >= 0.6 is 12.6 Å². The zero-order valence-corrected chi connectivity index (χ0v) is 6.74. The lowest BCUT2D eigenvalue weighted by Gasteiger charge is -2.03. The first-order chi connectivity index (χ1) is 4.18. The maximum Gasteiger partial charge on any atom is 0.232 e. The van der Waals surface area contributed by atoms with Crippen molar-refractivity contribution >= 4 is 18.5 Å². The summed E-state index contributed by atoms with van der Waals surface area (Å²) in [6.45, 7) is 4.53. The Morgan fingerprint density at radius 1 is 1.78 bits per heavy atom. The average molecular weight is 147 g/mol. The van der Waals surface area contributed by atoms with E-state index in [-0.39, 0.29) is 11.2 Å². The van der Waals surface area contributed by atoms with Crippen molar-refractivity contribution < 1.29 is 4.79 Å². The number of hydrogen-bond acceptors (Lipinski definition) is 2. The lowest BCUT2D eigenvalue weighted by molar-refractivity contribution is -0.120. The van der Waals surface area contributed by atoms with E-state index < -0.39 is 0 Å². The van der Waals surface area contributed by atoms with Crippen molar-refractivity contribution in [3.8, 4) is 0 Å². The van der Waals surface area contributed by atoms with Gasteiger partial charge in [0.1, 0.15) is 0 Å². The van der Waals surface area contributed by atoms with E-state index in [0.717, 1.165) is 13.0 Å². The highest BCUT2D eigenvalue weighted by molar-refractivity contribution is 7.81. The van der Waals surface area contributed by atoms with Crippen molar-refractivity contribution in [2.75, 3.05) is 6.54 Å². The molecule has 1 amide bonds. The summed E-state index contributed by atoms with van der Waals surface area (Å²) in [4.78, 5) is 10.7. The van der Waals surface area contributed by atoms with Crippen LogP contribution in [0.1, 0.15) is 20.3 Å². The summed E-state index contributed by atoms with van der Waals surface area (Å²) in [7, 11) is 0. The molecule has 0 aromatic rings.